The maximum atomic E-state index is 13.1. The first-order valence-electron chi connectivity index (χ1n) is 9.71. The second kappa shape index (κ2) is 9.30. The van der Waals surface area contributed by atoms with Crippen molar-refractivity contribution in [2.75, 3.05) is 15.9 Å². The standard InChI is InChI=1S/C22H29N3O4S/c1-6-19(25(30(5,28)29)16-12-8-7-9-13-16)21(27)23-18-15-11-10-14-17(18)20(26)24-22(2,3)4/h7-15,19H,6H2,1-5H3,(H,23,27)(H,24,26)/t19-/m0/s1. The van der Waals surface area contributed by atoms with Crippen LogP contribution in [-0.2, 0) is 14.8 Å². The smallest absolute Gasteiger partial charge is 0.253 e. The normalized spacial score (nSPS) is 12.7. The van der Waals surface area contributed by atoms with Crippen molar-refractivity contribution < 1.29 is 18.0 Å². The van der Waals surface area contributed by atoms with Gasteiger partial charge in [-0.15, -0.1) is 0 Å². The molecule has 2 aromatic carbocycles. The average Bonchev–Trinajstić information content (AvgIpc) is 2.64. The number of rotatable bonds is 7. The molecule has 2 amide bonds. The molecule has 0 radical (unpaired) electrons. The molecular formula is C22H29N3O4S. The van der Waals surface area contributed by atoms with Crippen LogP contribution in [0.1, 0.15) is 44.5 Å². The Balaban J connectivity index is 2.37. The number of carbonyl (C=O) groups is 2. The Labute approximate surface area is 178 Å². The minimum atomic E-state index is -3.72. The van der Waals surface area contributed by atoms with E-state index in [9.17, 15) is 18.0 Å². The highest BCUT2D eigenvalue weighted by Crippen LogP contribution is 2.24. The van der Waals surface area contributed by atoms with E-state index < -0.39 is 27.5 Å². The fourth-order valence-corrected chi connectivity index (χ4v) is 4.26. The fraction of sp³-hybridized carbons (Fsp3) is 0.364. The van der Waals surface area contributed by atoms with Gasteiger partial charge in [0.2, 0.25) is 15.9 Å². The van der Waals surface area contributed by atoms with Gasteiger partial charge in [0.05, 0.1) is 23.2 Å². The van der Waals surface area contributed by atoms with Gasteiger partial charge in [-0.3, -0.25) is 13.9 Å². The third kappa shape index (κ3) is 6.06. The van der Waals surface area contributed by atoms with E-state index in [1.54, 1.807) is 61.5 Å². The van der Waals surface area contributed by atoms with Gasteiger partial charge in [0.15, 0.2) is 0 Å². The summed E-state index contributed by atoms with van der Waals surface area (Å²) in [6.45, 7) is 7.33. The van der Waals surface area contributed by atoms with Crippen LogP contribution in [0.5, 0.6) is 0 Å². The molecule has 0 aliphatic rings. The number of hydrogen-bond donors (Lipinski definition) is 2. The first-order chi connectivity index (χ1) is 13.9. The van der Waals surface area contributed by atoms with Crippen molar-refractivity contribution in [2.24, 2.45) is 0 Å². The Kier molecular flexibility index (Phi) is 7.25. The van der Waals surface area contributed by atoms with E-state index in [1.807, 2.05) is 20.8 Å². The zero-order chi connectivity index (χ0) is 22.5. The van der Waals surface area contributed by atoms with Gasteiger partial charge >= 0.3 is 0 Å². The Morgan fingerprint density at radius 2 is 1.57 bits per heavy atom. The van der Waals surface area contributed by atoms with E-state index in [1.165, 1.54) is 0 Å². The predicted molar refractivity (Wildman–Crippen MR) is 120 cm³/mol. The van der Waals surface area contributed by atoms with Crippen LogP contribution in [0.15, 0.2) is 54.6 Å². The number of amides is 2. The average molecular weight is 432 g/mol. The summed E-state index contributed by atoms with van der Waals surface area (Å²) < 4.78 is 26.1. The van der Waals surface area contributed by atoms with Gasteiger partial charge in [-0.05, 0) is 51.5 Å². The summed E-state index contributed by atoms with van der Waals surface area (Å²) in [5.41, 5.74) is 0.590. The van der Waals surface area contributed by atoms with Crippen LogP contribution in [0.2, 0.25) is 0 Å². The minimum absolute atomic E-state index is 0.254. The molecule has 0 saturated carbocycles. The lowest BCUT2D eigenvalue weighted by molar-refractivity contribution is -0.117. The van der Waals surface area contributed by atoms with Crippen molar-refractivity contribution in [3.05, 3.63) is 60.2 Å². The van der Waals surface area contributed by atoms with E-state index in [4.69, 9.17) is 0 Å². The molecule has 1 atom stereocenters. The molecular weight excluding hydrogens is 402 g/mol. The lowest BCUT2D eigenvalue weighted by atomic mass is 10.1. The number of para-hydroxylation sites is 2. The molecule has 2 N–H and O–H groups in total. The second-order valence-electron chi connectivity index (χ2n) is 8.06. The third-order valence-electron chi connectivity index (χ3n) is 4.26. The van der Waals surface area contributed by atoms with Crippen LogP contribution in [0.25, 0.3) is 0 Å². The molecule has 0 aliphatic heterocycles. The van der Waals surface area contributed by atoms with E-state index in [2.05, 4.69) is 10.6 Å². The van der Waals surface area contributed by atoms with Crippen LogP contribution in [0, 0.1) is 0 Å². The fourth-order valence-electron chi connectivity index (χ4n) is 3.05. The second-order valence-corrected chi connectivity index (χ2v) is 9.92. The molecule has 0 aromatic heterocycles. The van der Waals surface area contributed by atoms with Gasteiger partial charge in [-0.1, -0.05) is 37.3 Å². The maximum absolute atomic E-state index is 13.1. The number of sulfonamides is 1. The number of anilines is 2. The number of carbonyl (C=O) groups excluding carboxylic acids is 2. The number of hydrogen-bond acceptors (Lipinski definition) is 4. The van der Waals surface area contributed by atoms with Crippen LogP contribution in [-0.4, -0.2) is 38.1 Å². The zero-order valence-electron chi connectivity index (χ0n) is 18.0. The van der Waals surface area contributed by atoms with Crippen LogP contribution in [0.4, 0.5) is 11.4 Å². The highest BCUT2D eigenvalue weighted by Gasteiger charge is 2.32. The lowest BCUT2D eigenvalue weighted by Gasteiger charge is -2.30. The summed E-state index contributed by atoms with van der Waals surface area (Å²) in [4.78, 5) is 25.8. The molecule has 2 aromatic rings. The quantitative estimate of drug-likeness (QED) is 0.702. The Bertz CT molecular complexity index is 999. The molecule has 0 heterocycles. The molecule has 0 aliphatic carbocycles. The molecule has 30 heavy (non-hydrogen) atoms. The summed E-state index contributed by atoms with van der Waals surface area (Å²) in [5.74, 6) is -0.836. The van der Waals surface area contributed by atoms with Crippen LogP contribution in [0.3, 0.4) is 0 Å². The molecule has 0 bridgehead atoms. The molecule has 7 nitrogen and oxygen atoms in total. The third-order valence-corrected chi connectivity index (χ3v) is 5.44. The van der Waals surface area contributed by atoms with Crippen LogP contribution >= 0.6 is 0 Å². The first kappa shape index (κ1) is 23.4. The van der Waals surface area contributed by atoms with Crippen molar-refractivity contribution in [1.29, 1.82) is 0 Å². The molecule has 0 fully saturated rings. The van der Waals surface area contributed by atoms with Gasteiger partial charge in [0.25, 0.3) is 5.91 Å². The van der Waals surface area contributed by atoms with E-state index in [0.717, 1.165) is 10.6 Å². The first-order valence-corrected chi connectivity index (χ1v) is 11.6. The monoisotopic (exact) mass is 431 g/mol. The molecule has 2 rings (SSSR count). The molecule has 0 unspecified atom stereocenters. The topological polar surface area (TPSA) is 95.6 Å². The van der Waals surface area contributed by atoms with Crippen molar-refractivity contribution in [2.45, 2.75) is 45.7 Å². The summed E-state index contributed by atoms with van der Waals surface area (Å²) in [5, 5.41) is 5.61. The highest BCUT2D eigenvalue weighted by molar-refractivity contribution is 7.92. The Morgan fingerprint density at radius 3 is 2.10 bits per heavy atom. The molecule has 8 heteroatoms. The van der Waals surface area contributed by atoms with Gasteiger partial charge in [-0.25, -0.2) is 8.42 Å². The number of benzene rings is 2. The maximum Gasteiger partial charge on any atom is 0.253 e. The van der Waals surface area contributed by atoms with E-state index in [0.29, 0.717) is 16.9 Å². The predicted octanol–water partition coefficient (Wildman–Crippen LogP) is 3.40. The molecule has 0 saturated heterocycles. The van der Waals surface area contributed by atoms with Gasteiger partial charge in [0.1, 0.15) is 6.04 Å². The summed E-state index contributed by atoms with van der Waals surface area (Å²) in [7, 11) is -3.72. The van der Waals surface area contributed by atoms with Gasteiger partial charge in [-0.2, -0.15) is 0 Å². The van der Waals surface area contributed by atoms with Crippen molar-refractivity contribution in [3.63, 3.8) is 0 Å². The zero-order valence-corrected chi connectivity index (χ0v) is 18.8. The molecule has 0 spiro atoms. The summed E-state index contributed by atoms with van der Waals surface area (Å²) in [6, 6.07) is 14.2. The van der Waals surface area contributed by atoms with Crippen molar-refractivity contribution >= 4 is 33.2 Å². The largest absolute Gasteiger partial charge is 0.347 e. The lowest BCUT2D eigenvalue weighted by Crippen LogP contribution is -2.47. The molecule has 162 valence electrons. The van der Waals surface area contributed by atoms with Crippen LogP contribution < -0.4 is 14.9 Å². The van der Waals surface area contributed by atoms with E-state index >= 15 is 0 Å². The summed E-state index contributed by atoms with van der Waals surface area (Å²) >= 11 is 0. The van der Waals surface area contributed by atoms with Gasteiger partial charge in [0, 0.05) is 5.54 Å². The van der Waals surface area contributed by atoms with Crippen molar-refractivity contribution in [1.82, 2.24) is 5.32 Å². The number of nitrogens with one attached hydrogen (secondary N) is 2. The SMILES string of the molecule is CC[C@@H](C(=O)Nc1ccccc1C(=O)NC(C)(C)C)N(c1ccccc1)S(C)(=O)=O. The number of nitrogens with zero attached hydrogens (tertiary/aromatic N) is 1. The minimum Gasteiger partial charge on any atom is -0.347 e. The Hall–Kier alpha value is -2.87. The van der Waals surface area contributed by atoms with E-state index in [-0.39, 0.29) is 12.3 Å². The van der Waals surface area contributed by atoms with Gasteiger partial charge < -0.3 is 10.6 Å². The van der Waals surface area contributed by atoms with Crippen molar-refractivity contribution in [3.8, 4) is 0 Å². The summed E-state index contributed by atoms with van der Waals surface area (Å²) in [6.07, 6.45) is 1.32. The highest BCUT2D eigenvalue weighted by atomic mass is 32.2. The Morgan fingerprint density at radius 1 is 1.00 bits per heavy atom.